The van der Waals surface area contributed by atoms with Gasteiger partial charge in [0.2, 0.25) is 0 Å². The zero-order chi connectivity index (χ0) is 56.7. The maximum Gasteiger partial charge on any atom is 0.311 e. The summed E-state index contributed by atoms with van der Waals surface area (Å²) < 4.78 is 29.2. The van der Waals surface area contributed by atoms with Gasteiger partial charge in [0.25, 0.3) is 0 Å². The number of carbonyl (C=O) groups is 2. The van der Waals surface area contributed by atoms with Gasteiger partial charge in [-0.3, -0.25) is 14.5 Å². The molecule has 0 amide bonds. The molecule has 4 aliphatic rings. The standard InChI is InChI=1S/C55H89N3O18S/c1-34-18-15-13-11-9-7-5-6-8-10-12-14-16-19-41(75-53-51(68)48(50(67)37(4)74-53)57-54(77)56-22-17-23-58-24-26-72-27-25-58)31-45-47(52(69)70)44(64)33-55(71,76-45)32-43(63)42(62)21-20-38(59)28-39(60)29-40(61)30-46(65)73-36(3)35(2)49(34)66/h5-6,8,10-16,18-19,34-45,47-51,53,59-64,66-68,71H,7,9,17,20-33H2,1-4H3,(H,69,70)(H2,56,57,77)/b6-5+,10-8+,13-11+,14-12+,18-15+,19-16+/t34-,35-,36-,37+,38+,39+,40+,41-,42+,43+,44-,45-,47+,48-,49+,50+,51-,53+,55+/m0/s1. The van der Waals surface area contributed by atoms with Crippen LogP contribution in [0, 0.1) is 17.8 Å². The molecule has 0 spiro atoms. The van der Waals surface area contributed by atoms with Gasteiger partial charge in [0.1, 0.15) is 24.2 Å². The van der Waals surface area contributed by atoms with Gasteiger partial charge in [0, 0.05) is 50.7 Å². The van der Waals surface area contributed by atoms with Crippen molar-refractivity contribution in [2.24, 2.45) is 17.8 Å². The normalized spacial score (nSPS) is 41.4. The van der Waals surface area contributed by atoms with Crippen LogP contribution in [0.5, 0.6) is 0 Å². The van der Waals surface area contributed by atoms with E-state index in [1.807, 2.05) is 49.5 Å². The molecule has 2 bridgehead atoms. The smallest absolute Gasteiger partial charge is 0.311 e. The van der Waals surface area contributed by atoms with Gasteiger partial charge in [-0.1, -0.05) is 86.8 Å². The molecule has 77 heavy (non-hydrogen) atoms. The van der Waals surface area contributed by atoms with E-state index in [4.69, 9.17) is 35.9 Å². The molecule has 0 aromatic heterocycles. The van der Waals surface area contributed by atoms with Crippen LogP contribution < -0.4 is 10.6 Å². The van der Waals surface area contributed by atoms with Gasteiger partial charge in [-0.15, -0.1) is 0 Å². The van der Waals surface area contributed by atoms with Gasteiger partial charge >= 0.3 is 11.9 Å². The second kappa shape index (κ2) is 33.9. The summed E-state index contributed by atoms with van der Waals surface area (Å²) in [4.78, 5) is 27.7. The van der Waals surface area contributed by atoms with Crippen LogP contribution in [-0.4, -0.2) is 215 Å². The van der Waals surface area contributed by atoms with E-state index in [2.05, 4.69) is 15.5 Å². The van der Waals surface area contributed by atoms with Crippen molar-refractivity contribution in [2.45, 2.75) is 196 Å². The van der Waals surface area contributed by atoms with E-state index < -0.39 is 141 Å². The number of aliphatic carboxylic acids is 1. The molecule has 21 nitrogen and oxygen atoms in total. The predicted octanol–water partition coefficient (Wildman–Crippen LogP) is 1.16. The van der Waals surface area contributed by atoms with Crippen molar-refractivity contribution in [1.29, 1.82) is 0 Å². The summed E-state index contributed by atoms with van der Waals surface area (Å²) in [5.74, 6) is -6.91. The fourth-order valence-corrected chi connectivity index (χ4v) is 10.0. The third kappa shape index (κ3) is 23.2. The van der Waals surface area contributed by atoms with Crippen LogP contribution in [-0.2, 0) is 33.3 Å². The monoisotopic (exact) mass is 1110 g/mol. The topological polar surface area (TPSA) is 330 Å². The van der Waals surface area contributed by atoms with Gasteiger partial charge < -0.3 is 90.5 Å². The molecule has 0 radical (unpaired) electrons. The Bertz CT molecular complexity index is 1950. The number of hydrogen-bond donors (Lipinski definition) is 13. The first-order chi connectivity index (χ1) is 36.6. The van der Waals surface area contributed by atoms with Crippen molar-refractivity contribution in [3.05, 3.63) is 72.9 Å². The number of aliphatic hydroxyl groups is 10. The van der Waals surface area contributed by atoms with Crippen molar-refractivity contribution in [2.75, 3.05) is 39.4 Å². The van der Waals surface area contributed by atoms with Gasteiger partial charge in [0.05, 0.1) is 86.7 Å². The zero-order valence-corrected chi connectivity index (χ0v) is 45.8. The number of allylic oxidation sites excluding steroid dienone is 10. The van der Waals surface area contributed by atoms with Crippen molar-refractivity contribution >= 4 is 29.3 Å². The molecule has 438 valence electrons. The highest BCUT2D eigenvalue weighted by Gasteiger charge is 2.51. The van der Waals surface area contributed by atoms with Gasteiger partial charge in [0.15, 0.2) is 17.2 Å². The lowest BCUT2D eigenvalue weighted by Crippen LogP contribution is -2.65. The number of carboxylic acid groups (broad SMARTS) is 1. The molecule has 19 atom stereocenters. The van der Waals surface area contributed by atoms with Crippen molar-refractivity contribution in [3.63, 3.8) is 0 Å². The lowest BCUT2D eigenvalue weighted by molar-refractivity contribution is -0.310. The van der Waals surface area contributed by atoms with Crippen LogP contribution in [0.25, 0.3) is 0 Å². The number of aliphatic hydroxyl groups excluding tert-OH is 9. The highest BCUT2D eigenvalue weighted by molar-refractivity contribution is 7.80. The summed E-state index contributed by atoms with van der Waals surface area (Å²) in [5.41, 5.74) is 0. The molecule has 4 rings (SSSR count). The minimum atomic E-state index is -2.38. The Morgan fingerprint density at radius 3 is 2.06 bits per heavy atom. The minimum Gasteiger partial charge on any atom is -0.481 e. The van der Waals surface area contributed by atoms with Gasteiger partial charge in [-0.25, -0.2) is 0 Å². The average Bonchev–Trinajstić information content (AvgIpc) is 3.37. The summed E-state index contributed by atoms with van der Waals surface area (Å²) >= 11 is 5.54. The van der Waals surface area contributed by atoms with Crippen molar-refractivity contribution < 1.29 is 89.4 Å². The summed E-state index contributed by atoms with van der Waals surface area (Å²) in [6, 6.07) is -1.08. The third-order valence-corrected chi connectivity index (χ3v) is 14.8. The SMILES string of the molecule is C[C@@H]1[C@H](O)[C@@H](C)/C=C/C=C/CC/C=C/C=C/C=C/C=C/[C@H](O[C@H]2O[C@H](C)[C@@H](O)[C@H](NC(=S)NCCCN3CCOCC3)[C@@H]2O)C[C@@H]2O[C@](O)(C[C@@H](O)[C@H](O)CC[C@@H](O)C[C@@H](O)C[C@@H](O)CC(=O)O[C@H]1C)C[C@H](O)[C@H]2C(=O)O. The average molecular weight is 1110 g/mol. The summed E-state index contributed by atoms with van der Waals surface area (Å²) in [6.07, 6.45) is 2.72. The summed E-state index contributed by atoms with van der Waals surface area (Å²) in [5, 5.41) is 127. The third-order valence-electron chi connectivity index (χ3n) is 14.5. The number of morpholine rings is 1. The number of nitrogens with zero attached hydrogens (tertiary/aromatic N) is 1. The molecule has 4 heterocycles. The maximum absolute atomic E-state index is 12.7. The highest BCUT2D eigenvalue weighted by Crippen LogP contribution is 2.38. The molecule has 13 N–H and O–H groups in total. The van der Waals surface area contributed by atoms with E-state index in [-0.39, 0.29) is 43.1 Å². The molecular weight excluding hydrogens is 1020 g/mol. The van der Waals surface area contributed by atoms with E-state index in [0.717, 1.165) is 38.9 Å². The largest absolute Gasteiger partial charge is 0.481 e. The fraction of sp³-hybridized carbons (Fsp3) is 0.727. The number of ether oxygens (including phenoxy) is 5. The van der Waals surface area contributed by atoms with Crippen LogP contribution in [0.15, 0.2) is 72.9 Å². The predicted molar refractivity (Wildman–Crippen MR) is 289 cm³/mol. The molecule has 0 unspecified atom stereocenters. The van der Waals surface area contributed by atoms with Crippen LogP contribution >= 0.6 is 12.2 Å². The number of cyclic esters (lactones) is 1. The number of carboxylic acids is 1. The second-order valence-electron chi connectivity index (χ2n) is 21.0. The first-order valence-corrected chi connectivity index (χ1v) is 27.6. The number of esters is 1. The highest BCUT2D eigenvalue weighted by atomic mass is 32.1. The number of nitrogens with one attached hydrogen (secondary N) is 2. The van der Waals surface area contributed by atoms with E-state index in [1.54, 1.807) is 51.2 Å². The number of rotatable bonds is 8. The summed E-state index contributed by atoms with van der Waals surface area (Å²) in [7, 11) is 0. The summed E-state index contributed by atoms with van der Waals surface area (Å²) in [6.45, 7) is 11.2. The van der Waals surface area contributed by atoms with Crippen LogP contribution in [0.2, 0.25) is 0 Å². The minimum absolute atomic E-state index is 0.147. The zero-order valence-electron chi connectivity index (χ0n) is 45.0. The fourth-order valence-electron chi connectivity index (χ4n) is 9.78. The van der Waals surface area contributed by atoms with E-state index >= 15 is 0 Å². The Hall–Kier alpha value is -3.53. The van der Waals surface area contributed by atoms with Crippen LogP contribution in [0.4, 0.5) is 0 Å². The number of carbonyl (C=O) groups excluding carboxylic acids is 1. The molecule has 3 fully saturated rings. The van der Waals surface area contributed by atoms with E-state index in [0.29, 0.717) is 19.8 Å². The quantitative estimate of drug-likeness (QED) is 0.0922. The van der Waals surface area contributed by atoms with E-state index in [1.165, 1.54) is 0 Å². The maximum atomic E-state index is 12.7. The Balaban J connectivity index is 1.53. The van der Waals surface area contributed by atoms with Crippen molar-refractivity contribution in [3.8, 4) is 0 Å². The molecule has 0 aromatic rings. The molecule has 22 heteroatoms. The van der Waals surface area contributed by atoms with Gasteiger partial charge in [-0.05, 0) is 77.6 Å². The number of thiocarbonyl (C=S) groups is 1. The first kappa shape index (κ1) is 66.0. The van der Waals surface area contributed by atoms with Crippen LogP contribution in [0.3, 0.4) is 0 Å². The molecule has 4 aliphatic heterocycles. The second-order valence-corrected chi connectivity index (χ2v) is 21.4. The molecule has 3 saturated heterocycles. The Labute approximate surface area is 458 Å². The molecular formula is C55H89N3O18S. The Kier molecular flexibility index (Phi) is 29.1. The van der Waals surface area contributed by atoms with E-state index in [9.17, 15) is 65.8 Å². The number of hydrogen-bond acceptors (Lipinski definition) is 19. The van der Waals surface area contributed by atoms with Crippen molar-refractivity contribution in [1.82, 2.24) is 15.5 Å². The Morgan fingerprint density at radius 2 is 1.38 bits per heavy atom. The molecule has 0 saturated carbocycles. The molecule has 0 aromatic carbocycles. The lowest BCUT2D eigenvalue weighted by Gasteiger charge is -2.45. The lowest BCUT2D eigenvalue weighted by atomic mass is 9.82. The number of fused-ring (bicyclic) bond motifs is 2. The first-order valence-electron chi connectivity index (χ1n) is 27.2. The molecule has 0 aliphatic carbocycles. The van der Waals surface area contributed by atoms with Crippen LogP contribution in [0.1, 0.15) is 98.3 Å². The Morgan fingerprint density at radius 1 is 0.753 bits per heavy atom. The van der Waals surface area contributed by atoms with Gasteiger partial charge in [-0.2, -0.15) is 0 Å².